The van der Waals surface area contributed by atoms with Gasteiger partial charge in [0.2, 0.25) is 11.8 Å². The summed E-state index contributed by atoms with van der Waals surface area (Å²) >= 11 is 0. The summed E-state index contributed by atoms with van der Waals surface area (Å²) < 4.78 is 63.5. The van der Waals surface area contributed by atoms with E-state index in [0.717, 1.165) is 51.4 Å². The van der Waals surface area contributed by atoms with E-state index in [2.05, 4.69) is 23.8 Å². The maximum atomic E-state index is 13.9. The van der Waals surface area contributed by atoms with Gasteiger partial charge in [0, 0.05) is 26.2 Å². The van der Waals surface area contributed by atoms with Crippen LogP contribution in [0.25, 0.3) is 0 Å². The van der Waals surface area contributed by atoms with E-state index in [-0.39, 0.29) is 36.8 Å². The van der Waals surface area contributed by atoms with E-state index in [9.17, 15) is 40.7 Å². The van der Waals surface area contributed by atoms with Crippen LogP contribution < -0.4 is 22.9 Å². The zero-order chi connectivity index (χ0) is 39.8. The molecule has 0 spiro atoms. The smallest absolute Gasteiger partial charge is 0.475 e. The predicted octanol–water partition coefficient (Wildman–Crippen LogP) is 4.08. The minimum absolute atomic E-state index is 0.0146. The molecule has 4 amide bonds. The lowest BCUT2D eigenvalue weighted by Gasteiger charge is -2.44. The topological polar surface area (TPSA) is 261 Å². The van der Waals surface area contributed by atoms with Crippen molar-refractivity contribution in [3.63, 3.8) is 0 Å². The molecule has 1 heterocycles. The van der Waals surface area contributed by atoms with E-state index >= 15 is 0 Å². The van der Waals surface area contributed by atoms with Crippen molar-refractivity contribution in [2.75, 3.05) is 26.2 Å². The summed E-state index contributed by atoms with van der Waals surface area (Å²) in [4.78, 5) is 69.6. The number of halogens is 6. The second kappa shape index (κ2) is 24.8. The van der Waals surface area contributed by atoms with E-state index in [0.29, 0.717) is 51.6 Å². The SMILES string of the molecule is CCCCCCC1(CCCCCC)C(=O)N(CCCCN=C(N)N)C(=O)N(CCCCN=C(N)N)C1=O.O=C(O)C(F)(F)F.O=C(O)C(F)(F)F. The number of unbranched alkanes of at least 4 members (excludes halogenated alkanes) is 8. The number of urea groups is 1. The number of aliphatic carboxylic acids is 2. The maximum absolute atomic E-state index is 13.9. The van der Waals surface area contributed by atoms with E-state index in [4.69, 9.17) is 42.7 Å². The largest absolute Gasteiger partial charge is 0.490 e. The minimum atomic E-state index is -5.08. The third kappa shape index (κ3) is 20.2. The van der Waals surface area contributed by atoms with Crippen molar-refractivity contribution in [1.82, 2.24) is 9.80 Å². The molecular formula is C30H52F6N8O7. The van der Waals surface area contributed by atoms with E-state index in [1.807, 2.05) is 0 Å². The van der Waals surface area contributed by atoms with Crippen molar-refractivity contribution in [3.8, 4) is 0 Å². The number of nitrogens with zero attached hydrogens (tertiary/aromatic N) is 4. The van der Waals surface area contributed by atoms with Gasteiger partial charge in [-0.3, -0.25) is 29.4 Å². The fourth-order valence-electron chi connectivity index (χ4n) is 4.76. The van der Waals surface area contributed by atoms with E-state index < -0.39 is 35.7 Å². The Morgan fingerprint density at radius 1 is 0.608 bits per heavy atom. The van der Waals surface area contributed by atoms with Crippen LogP contribution in [0, 0.1) is 5.41 Å². The number of carboxylic acid groups (broad SMARTS) is 2. The van der Waals surface area contributed by atoms with Crippen LogP contribution in [0.15, 0.2) is 9.98 Å². The van der Waals surface area contributed by atoms with Gasteiger partial charge in [0.15, 0.2) is 11.9 Å². The average Bonchev–Trinajstić information content (AvgIpc) is 3.02. The lowest BCUT2D eigenvalue weighted by atomic mass is 9.74. The number of alkyl halides is 6. The zero-order valence-corrected chi connectivity index (χ0v) is 29.0. The Morgan fingerprint density at radius 2 is 0.922 bits per heavy atom. The normalized spacial score (nSPS) is 14.2. The number of hydrogen-bond donors (Lipinski definition) is 6. The Morgan fingerprint density at radius 3 is 1.18 bits per heavy atom. The summed E-state index contributed by atoms with van der Waals surface area (Å²) in [7, 11) is 0. The Labute approximate surface area is 292 Å². The second-order valence-corrected chi connectivity index (χ2v) is 11.5. The molecule has 0 radical (unpaired) electrons. The monoisotopic (exact) mass is 750 g/mol. The van der Waals surface area contributed by atoms with Crippen LogP contribution in [0.1, 0.15) is 104 Å². The highest BCUT2D eigenvalue weighted by atomic mass is 19.4. The first-order valence-corrected chi connectivity index (χ1v) is 16.5. The molecule has 10 N–H and O–H groups in total. The fourth-order valence-corrected chi connectivity index (χ4v) is 4.76. The summed E-state index contributed by atoms with van der Waals surface area (Å²) in [6.45, 7) is 5.58. The van der Waals surface area contributed by atoms with Gasteiger partial charge in [0.25, 0.3) is 0 Å². The van der Waals surface area contributed by atoms with E-state index in [1.54, 1.807) is 0 Å². The average molecular weight is 751 g/mol. The van der Waals surface area contributed by atoms with Gasteiger partial charge in [-0.15, -0.1) is 0 Å². The highest BCUT2D eigenvalue weighted by molar-refractivity contribution is 6.19. The Hall–Kier alpha value is -4.33. The highest BCUT2D eigenvalue weighted by Gasteiger charge is 2.55. The van der Waals surface area contributed by atoms with Gasteiger partial charge in [-0.25, -0.2) is 14.4 Å². The van der Waals surface area contributed by atoms with Crippen LogP contribution in [0.3, 0.4) is 0 Å². The van der Waals surface area contributed by atoms with Crippen LogP contribution in [0.5, 0.6) is 0 Å². The number of amides is 4. The van der Waals surface area contributed by atoms with Crippen molar-refractivity contribution in [2.24, 2.45) is 38.3 Å². The zero-order valence-electron chi connectivity index (χ0n) is 29.0. The Balaban J connectivity index is 0. The second-order valence-electron chi connectivity index (χ2n) is 11.5. The molecule has 0 aromatic heterocycles. The van der Waals surface area contributed by atoms with Crippen LogP contribution in [0.4, 0.5) is 31.1 Å². The molecule has 0 aromatic carbocycles. The third-order valence-corrected chi connectivity index (χ3v) is 7.34. The molecule has 0 aliphatic carbocycles. The maximum Gasteiger partial charge on any atom is 0.490 e. The van der Waals surface area contributed by atoms with Gasteiger partial charge in [-0.2, -0.15) is 26.3 Å². The summed E-state index contributed by atoms with van der Waals surface area (Å²) in [6.07, 6.45) is 0.853. The van der Waals surface area contributed by atoms with E-state index in [1.165, 1.54) is 9.80 Å². The molecule has 0 aromatic rings. The molecule has 0 bridgehead atoms. The number of rotatable bonds is 20. The van der Waals surface area contributed by atoms with Gasteiger partial charge < -0.3 is 33.1 Å². The number of barbiturate groups is 1. The molecule has 21 heteroatoms. The number of aliphatic imine (C=N–C) groups is 2. The molecule has 0 saturated carbocycles. The number of nitrogens with two attached hydrogens (primary N) is 4. The van der Waals surface area contributed by atoms with Gasteiger partial charge in [-0.1, -0.05) is 65.2 Å². The molecule has 51 heavy (non-hydrogen) atoms. The summed E-state index contributed by atoms with van der Waals surface area (Å²) in [5.74, 6) is -6.16. The van der Waals surface area contributed by atoms with Crippen molar-refractivity contribution in [2.45, 2.75) is 116 Å². The van der Waals surface area contributed by atoms with Crippen molar-refractivity contribution in [3.05, 3.63) is 0 Å². The lowest BCUT2D eigenvalue weighted by Crippen LogP contribution is -2.65. The lowest BCUT2D eigenvalue weighted by molar-refractivity contribution is -0.193. The first-order valence-electron chi connectivity index (χ1n) is 16.5. The van der Waals surface area contributed by atoms with Crippen molar-refractivity contribution < 1.29 is 60.5 Å². The number of hydrogen-bond acceptors (Lipinski definition) is 7. The molecule has 0 atom stereocenters. The summed E-state index contributed by atoms with van der Waals surface area (Å²) in [6, 6.07) is -0.531. The molecule has 296 valence electrons. The van der Waals surface area contributed by atoms with Gasteiger partial charge in [0.1, 0.15) is 5.41 Å². The highest BCUT2D eigenvalue weighted by Crippen LogP contribution is 2.40. The molecule has 1 fully saturated rings. The molecule has 1 rings (SSSR count). The number of carbonyl (C=O) groups is 5. The first kappa shape index (κ1) is 48.8. The first-order chi connectivity index (χ1) is 23.6. The molecule has 0 unspecified atom stereocenters. The van der Waals surface area contributed by atoms with Gasteiger partial charge in [-0.05, 0) is 38.5 Å². The van der Waals surface area contributed by atoms with Crippen molar-refractivity contribution >= 4 is 41.7 Å². The fraction of sp³-hybridized carbons (Fsp3) is 0.767. The van der Waals surface area contributed by atoms with Gasteiger partial charge >= 0.3 is 30.3 Å². The standard InChI is InChI=1S/C26H50N8O3.2C2HF3O2/c1-3-5-7-9-15-26(16-10-8-6-4-2)21(35)33(19-13-11-17-31-23(27)28)25(37)34(22(26)36)20-14-12-18-32-24(29)30;2*3-2(4,5)1(6)7/h3-20H2,1-2H3,(H4,27,28,31)(H4,29,30,32);2*(H,6,7). The molecule has 15 nitrogen and oxygen atoms in total. The van der Waals surface area contributed by atoms with Crippen LogP contribution in [-0.4, -0.2) is 100 Å². The molecule has 1 aliphatic heterocycles. The number of carboxylic acids is 2. The number of guanidine groups is 2. The van der Waals surface area contributed by atoms with Gasteiger partial charge in [0.05, 0.1) is 0 Å². The predicted molar refractivity (Wildman–Crippen MR) is 176 cm³/mol. The quantitative estimate of drug-likeness (QED) is 0.0340. The Kier molecular flexibility index (Phi) is 23.7. The summed E-state index contributed by atoms with van der Waals surface area (Å²) in [5.41, 5.74) is 20.4. The number of carbonyl (C=O) groups excluding carboxylic acids is 3. The molecular weight excluding hydrogens is 698 g/mol. The third-order valence-electron chi connectivity index (χ3n) is 7.34. The van der Waals surface area contributed by atoms with Crippen molar-refractivity contribution in [1.29, 1.82) is 0 Å². The molecule has 1 saturated heterocycles. The van der Waals surface area contributed by atoms with Crippen LogP contribution >= 0.6 is 0 Å². The molecule has 1 aliphatic rings. The minimum Gasteiger partial charge on any atom is -0.475 e. The van der Waals surface area contributed by atoms with Crippen LogP contribution in [-0.2, 0) is 19.2 Å². The Bertz CT molecular complexity index is 1070. The van der Waals surface area contributed by atoms with Crippen LogP contribution in [0.2, 0.25) is 0 Å². The summed E-state index contributed by atoms with van der Waals surface area (Å²) in [5, 5.41) is 14.2. The number of imide groups is 2.